The highest BCUT2D eigenvalue weighted by atomic mass is 16.4. The van der Waals surface area contributed by atoms with E-state index in [-0.39, 0.29) is 11.8 Å². The van der Waals surface area contributed by atoms with Crippen molar-refractivity contribution in [3.8, 4) is 0 Å². The summed E-state index contributed by atoms with van der Waals surface area (Å²) >= 11 is 0. The lowest BCUT2D eigenvalue weighted by Gasteiger charge is -2.39. The molecule has 1 aromatic carbocycles. The lowest BCUT2D eigenvalue weighted by atomic mass is 9.78. The average molecular weight is 385 g/mol. The Bertz CT molecular complexity index is 707. The molecule has 2 saturated heterocycles. The molecule has 1 amide bonds. The zero-order valence-corrected chi connectivity index (χ0v) is 16.7. The Morgan fingerprint density at radius 3 is 2.71 bits per heavy atom. The van der Waals surface area contributed by atoms with Crippen molar-refractivity contribution in [2.75, 3.05) is 26.2 Å². The van der Waals surface area contributed by atoms with E-state index in [1.165, 1.54) is 5.56 Å². The molecule has 3 fully saturated rings. The summed E-state index contributed by atoms with van der Waals surface area (Å²) in [6.45, 7) is 4.42. The van der Waals surface area contributed by atoms with Gasteiger partial charge in [-0.1, -0.05) is 36.8 Å². The van der Waals surface area contributed by atoms with Gasteiger partial charge >= 0.3 is 5.97 Å². The van der Waals surface area contributed by atoms with Gasteiger partial charge in [0.25, 0.3) is 0 Å². The van der Waals surface area contributed by atoms with Crippen molar-refractivity contribution in [1.82, 2.24) is 9.80 Å². The van der Waals surface area contributed by atoms with Gasteiger partial charge in [0.15, 0.2) is 0 Å². The zero-order valence-electron chi connectivity index (χ0n) is 16.7. The molecule has 0 spiro atoms. The van der Waals surface area contributed by atoms with E-state index < -0.39 is 5.97 Å². The Morgan fingerprint density at radius 2 is 1.93 bits per heavy atom. The van der Waals surface area contributed by atoms with E-state index in [2.05, 4.69) is 34.1 Å². The van der Waals surface area contributed by atoms with Crippen LogP contribution in [0.3, 0.4) is 0 Å². The molecule has 152 valence electrons. The summed E-state index contributed by atoms with van der Waals surface area (Å²) in [6, 6.07) is 10.5. The van der Waals surface area contributed by atoms with Gasteiger partial charge in [-0.15, -0.1) is 0 Å². The Kier molecular flexibility index (Phi) is 5.72. The fourth-order valence-corrected chi connectivity index (χ4v) is 5.83. The van der Waals surface area contributed by atoms with E-state index in [4.69, 9.17) is 5.11 Å². The fraction of sp³-hybridized carbons (Fsp3) is 0.652. The second kappa shape index (κ2) is 8.24. The Labute approximate surface area is 167 Å². The summed E-state index contributed by atoms with van der Waals surface area (Å²) in [4.78, 5) is 29.1. The van der Waals surface area contributed by atoms with Gasteiger partial charge in [0.2, 0.25) is 5.91 Å². The van der Waals surface area contributed by atoms with Crippen LogP contribution in [0.2, 0.25) is 0 Å². The first-order valence-corrected chi connectivity index (χ1v) is 10.8. The van der Waals surface area contributed by atoms with Crippen LogP contribution in [0.25, 0.3) is 0 Å². The monoisotopic (exact) mass is 384 g/mol. The number of hydrogen-bond donors (Lipinski definition) is 1. The topological polar surface area (TPSA) is 60.9 Å². The molecule has 1 N–H and O–H groups in total. The molecular formula is C23H32N2O3. The number of benzene rings is 1. The number of likely N-dealkylation sites (tertiary alicyclic amines) is 2. The maximum absolute atomic E-state index is 13.7. The number of amides is 1. The van der Waals surface area contributed by atoms with E-state index in [0.29, 0.717) is 24.2 Å². The first-order valence-electron chi connectivity index (χ1n) is 10.8. The summed E-state index contributed by atoms with van der Waals surface area (Å²) in [5, 5.41) is 8.98. The van der Waals surface area contributed by atoms with Crippen LogP contribution < -0.4 is 0 Å². The molecule has 2 heterocycles. The summed E-state index contributed by atoms with van der Waals surface area (Å²) in [7, 11) is 0. The van der Waals surface area contributed by atoms with Gasteiger partial charge in [0.05, 0.1) is 5.41 Å². The molecule has 3 atom stereocenters. The number of carboxylic acid groups (broad SMARTS) is 1. The first-order chi connectivity index (χ1) is 13.6. The van der Waals surface area contributed by atoms with Crippen LogP contribution in [0.1, 0.15) is 50.5 Å². The molecule has 0 aromatic heterocycles. The molecule has 1 unspecified atom stereocenters. The second-order valence-corrected chi connectivity index (χ2v) is 9.09. The highest BCUT2D eigenvalue weighted by Crippen LogP contribution is 2.50. The molecule has 5 nitrogen and oxygen atoms in total. The molecule has 4 rings (SSSR count). The number of carboxylic acids is 1. The van der Waals surface area contributed by atoms with Crippen molar-refractivity contribution in [1.29, 1.82) is 0 Å². The highest BCUT2D eigenvalue weighted by Gasteiger charge is 2.55. The van der Waals surface area contributed by atoms with Crippen LogP contribution in [0.15, 0.2) is 30.3 Å². The van der Waals surface area contributed by atoms with Crippen LogP contribution in [0, 0.1) is 17.3 Å². The number of carbonyl (C=O) groups excluding carboxylic acids is 1. The van der Waals surface area contributed by atoms with Crippen LogP contribution in [-0.2, 0) is 16.1 Å². The summed E-state index contributed by atoms with van der Waals surface area (Å²) in [6.07, 6.45) is 6.29. The maximum atomic E-state index is 13.7. The Hall–Kier alpha value is -1.88. The van der Waals surface area contributed by atoms with E-state index in [9.17, 15) is 9.59 Å². The molecule has 3 aliphatic rings. The van der Waals surface area contributed by atoms with Gasteiger partial charge in [0, 0.05) is 39.1 Å². The minimum absolute atomic E-state index is 0.205. The number of hydrogen-bond acceptors (Lipinski definition) is 3. The SMILES string of the molecule is O=C(O)CCC1CCCN(C(=O)[C@@]23CCC[C@@H]2CN(Cc2ccccc2)C3)C1. The third-order valence-electron chi connectivity index (χ3n) is 7.19. The maximum Gasteiger partial charge on any atom is 0.303 e. The third-order valence-corrected chi connectivity index (χ3v) is 7.19. The first kappa shape index (κ1) is 19.4. The minimum Gasteiger partial charge on any atom is -0.481 e. The van der Waals surface area contributed by atoms with E-state index >= 15 is 0 Å². The predicted octanol–water partition coefficient (Wildman–Crippen LogP) is 3.39. The molecule has 2 aliphatic heterocycles. The van der Waals surface area contributed by atoms with E-state index in [0.717, 1.165) is 64.8 Å². The Morgan fingerprint density at radius 1 is 1.11 bits per heavy atom. The minimum atomic E-state index is -0.731. The number of rotatable bonds is 6. The molecule has 0 bridgehead atoms. The number of nitrogens with zero attached hydrogens (tertiary/aromatic N) is 2. The predicted molar refractivity (Wildman–Crippen MR) is 108 cm³/mol. The van der Waals surface area contributed by atoms with Crippen LogP contribution in [0.5, 0.6) is 0 Å². The average Bonchev–Trinajstić information content (AvgIpc) is 3.24. The number of fused-ring (bicyclic) bond motifs is 1. The van der Waals surface area contributed by atoms with Crippen molar-refractivity contribution >= 4 is 11.9 Å². The smallest absolute Gasteiger partial charge is 0.303 e. The second-order valence-electron chi connectivity index (χ2n) is 9.09. The number of carbonyl (C=O) groups is 2. The summed E-state index contributed by atoms with van der Waals surface area (Å²) in [5.41, 5.74) is 1.11. The summed E-state index contributed by atoms with van der Waals surface area (Å²) in [5.74, 6) is 0.436. The quantitative estimate of drug-likeness (QED) is 0.817. The lowest BCUT2D eigenvalue weighted by Crippen LogP contribution is -2.50. The third kappa shape index (κ3) is 3.95. The van der Waals surface area contributed by atoms with E-state index in [1.807, 2.05) is 6.07 Å². The van der Waals surface area contributed by atoms with E-state index in [1.54, 1.807) is 0 Å². The van der Waals surface area contributed by atoms with Crippen LogP contribution >= 0.6 is 0 Å². The van der Waals surface area contributed by atoms with Gasteiger partial charge in [0.1, 0.15) is 0 Å². The molecule has 28 heavy (non-hydrogen) atoms. The molecule has 1 aliphatic carbocycles. The van der Waals surface area contributed by atoms with Gasteiger partial charge in [-0.2, -0.15) is 0 Å². The van der Waals surface area contributed by atoms with Gasteiger partial charge < -0.3 is 10.0 Å². The van der Waals surface area contributed by atoms with Crippen molar-refractivity contribution in [2.24, 2.45) is 17.3 Å². The van der Waals surface area contributed by atoms with Gasteiger partial charge in [-0.3, -0.25) is 14.5 Å². The zero-order chi connectivity index (χ0) is 19.6. The van der Waals surface area contributed by atoms with Crippen molar-refractivity contribution < 1.29 is 14.7 Å². The largest absolute Gasteiger partial charge is 0.481 e. The van der Waals surface area contributed by atoms with Gasteiger partial charge in [-0.05, 0) is 49.5 Å². The highest BCUT2D eigenvalue weighted by molar-refractivity contribution is 5.84. The molecule has 0 radical (unpaired) electrons. The van der Waals surface area contributed by atoms with Crippen molar-refractivity contribution in [2.45, 2.75) is 51.5 Å². The van der Waals surface area contributed by atoms with Crippen LogP contribution in [-0.4, -0.2) is 53.0 Å². The lowest BCUT2D eigenvalue weighted by molar-refractivity contribution is -0.144. The van der Waals surface area contributed by atoms with Crippen molar-refractivity contribution in [3.05, 3.63) is 35.9 Å². The molecular weight excluding hydrogens is 352 g/mol. The van der Waals surface area contributed by atoms with Crippen molar-refractivity contribution in [3.63, 3.8) is 0 Å². The normalized spacial score (nSPS) is 30.4. The fourth-order valence-electron chi connectivity index (χ4n) is 5.83. The standard InChI is InChI=1S/C23H32N2O3/c26-21(27)11-10-19-8-5-13-25(15-19)22(28)23-12-4-9-20(23)16-24(17-23)14-18-6-2-1-3-7-18/h1-3,6-7,19-20H,4-5,8-17H2,(H,26,27)/t19?,20-,23-/m1/s1. The number of aliphatic carboxylic acids is 1. The Balaban J connectivity index is 1.42. The van der Waals surface area contributed by atoms with Gasteiger partial charge in [-0.25, -0.2) is 0 Å². The molecule has 1 aromatic rings. The molecule has 1 saturated carbocycles. The van der Waals surface area contributed by atoms with Crippen LogP contribution in [0.4, 0.5) is 0 Å². The molecule has 5 heteroatoms. The summed E-state index contributed by atoms with van der Waals surface area (Å²) < 4.78 is 0. The number of piperidine rings is 1.